The topological polar surface area (TPSA) is 47.5 Å². The molecule has 3 heterocycles. The molecule has 0 saturated heterocycles. The molecule has 0 fully saturated rings. The summed E-state index contributed by atoms with van der Waals surface area (Å²) < 4.78 is 13.1. The van der Waals surface area contributed by atoms with Gasteiger partial charge in [-0.3, -0.25) is 4.90 Å². The summed E-state index contributed by atoms with van der Waals surface area (Å²) in [7, 11) is 0. The first-order valence-electron chi connectivity index (χ1n) is 10.1. The van der Waals surface area contributed by atoms with Gasteiger partial charge in [0.05, 0.1) is 23.9 Å². The number of nitrogens with one attached hydrogen (secondary N) is 1. The molecule has 1 N–H and O–H groups in total. The van der Waals surface area contributed by atoms with Crippen molar-refractivity contribution in [3.8, 4) is 11.8 Å². The van der Waals surface area contributed by atoms with E-state index in [1.54, 1.807) is 0 Å². The number of aliphatic imine (C=N–C) groups is 1. The summed E-state index contributed by atoms with van der Waals surface area (Å²) in [5.74, 6) is 6.91. The SMILES string of the molecule is Fc1ccc(CN2C=NC3=C(C2)CN(CC#Cc2nc4ccccc4[nH]2)CC3)cc1. The molecule has 0 aliphatic carbocycles. The highest BCUT2D eigenvalue weighted by Gasteiger charge is 2.22. The average Bonchev–Trinajstić information content (AvgIpc) is 3.18. The Hall–Kier alpha value is -3.43. The summed E-state index contributed by atoms with van der Waals surface area (Å²) in [6.07, 6.45) is 2.86. The van der Waals surface area contributed by atoms with Gasteiger partial charge in [0.15, 0.2) is 5.82 Å². The van der Waals surface area contributed by atoms with Crippen LogP contribution in [-0.4, -0.2) is 52.3 Å². The molecule has 5 nitrogen and oxygen atoms in total. The Morgan fingerprint density at radius 1 is 1.07 bits per heavy atom. The Kier molecular flexibility index (Phi) is 5.04. The van der Waals surface area contributed by atoms with E-state index < -0.39 is 0 Å². The molecule has 0 amide bonds. The third-order valence-corrected chi connectivity index (χ3v) is 5.46. The third kappa shape index (κ3) is 4.12. The van der Waals surface area contributed by atoms with Gasteiger partial charge in [0.1, 0.15) is 5.82 Å². The number of imidazole rings is 1. The van der Waals surface area contributed by atoms with Crippen LogP contribution in [0.4, 0.5) is 4.39 Å². The Bertz CT molecular complexity index is 1150. The number of fused-ring (bicyclic) bond motifs is 1. The van der Waals surface area contributed by atoms with Crippen molar-refractivity contribution in [3.05, 3.63) is 77.0 Å². The van der Waals surface area contributed by atoms with Crippen molar-refractivity contribution in [2.24, 2.45) is 4.99 Å². The first kappa shape index (κ1) is 18.6. The van der Waals surface area contributed by atoms with Crippen LogP contribution in [0.3, 0.4) is 0 Å². The number of para-hydroxylation sites is 2. The largest absolute Gasteiger partial charge is 0.354 e. The zero-order valence-corrected chi connectivity index (χ0v) is 16.6. The number of H-pyrrole nitrogens is 1. The molecular formula is C24H22FN5. The Morgan fingerprint density at radius 3 is 2.80 bits per heavy atom. The van der Waals surface area contributed by atoms with Gasteiger partial charge in [0.2, 0.25) is 0 Å². The number of halogens is 1. The van der Waals surface area contributed by atoms with Crippen LogP contribution in [0.25, 0.3) is 11.0 Å². The molecule has 1 aromatic heterocycles. The normalized spacial score (nSPS) is 16.5. The van der Waals surface area contributed by atoms with Gasteiger partial charge < -0.3 is 9.88 Å². The van der Waals surface area contributed by atoms with Crippen molar-refractivity contribution >= 4 is 17.4 Å². The maximum Gasteiger partial charge on any atom is 0.183 e. The first-order chi connectivity index (χ1) is 14.7. The van der Waals surface area contributed by atoms with Gasteiger partial charge in [-0.1, -0.05) is 30.2 Å². The second-order valence-corrected chi connectivity index (χ2v) is 7.69. The van der Waals surface area contributed by atoms with Crippen LogP contribution in [0.15, 0.2) is 64.8 Å². The van der Waals surface area contributed by atoms with Crippen LogP contribution in [-0.2, 0) is 6.54 Å². The minimum atomic E-state index is -0.206. The number of hydrogen-bond donors (Lipinski definition) is 1. The highest BCUT2D eigenvalue weighted by molar-refractivity contribution is 5.75. The fourth-order valence-electron chi connectivity index (χ4n) is 3.92. The quantitative estimate of drug-likeness (QED) is 0.685. The maximum atomic E-state index is 13.1. The lowest BCUT2D eigenvalue weighted by atomic mass is 10.0. The van der Waals surface area contributed by atoms with Crippen LogP contribution in [0.2, 0.25) is 0 Å². The smallest absolute Gasteiger partial charge is 0.183 e. The van der Waals surface area contributed by atoms with E-state index in [0.29, 0.717) is 12.4 Å². The fraction of sp³-hybridized carbons (Fsp3) is 0.250. The number of nitrogens with zero attached hydrogens (tertiary/aromatic N) is 4. The van der Waals surface area contributed by atoms with Gasteiger partial charge >= 0.3 is 0 Å². The molecule has 0 spiro atoms. The maximum absolute atomic E-state index is 13.1. The lowest BCUT2D eigenvalue weighted by Gasteiger charge is -2.33. The van der Waals surface area contributed by atoms with Crippen molar-refractivity contribution in [3.63, 3.8) is 0 Å². The van der Waals surface area contributed by atoms with E-state index in [0.717, 1.165) is 49.2 Å². The zero-order chi connectivity index (χ0) is 20.3. The van der Waals surface area contributed by atoms with Gasteiger partial charge in [-0.25, -0.2) is 14.4 Å². The summed E-state index contributed by atoms with van der Waals surface area (Å²) >= 11 is 0. The van der Waals surface area contributed by atoms with Gasteiger partial charge in [0, 0.05) is 38.3 Å². The molecule has 5 rings (SSSR count). The second-order valence-electron chi connectivity index (χ2n) is 7.69. The van der Waals surface area contributed by atoms with E-state index in [1.807, 2.05) is 42.7 Å². The number of aromatic amines is 1. The molecule has 0 atom stereocenters. The van der Waals surface area contributed by atoms with E-state index in [4.69, 9.17) is 0 Å². The van der Waals surface area contributed by atoms with Crippen molar-refractivity contribution in [2.45, 2.75) is 13.0 Å². The van der Waals surface area contributed by atoms with Crippen molar-refractivity contribution < 1.29 is 4.39 Å². The van der Waals surface area contributed by atoms with Crippen LogP contribution in [0, 0.1) is 17.7 Å². The van der Waals surface area contributed by atoms with Crippen molar-refractivity contribution in [1.82, 2.24) is 19.8 Å². The van der Waals surface area contributed by atoms with Crippen LogP contribution in [0.5, 0.6) is 0 Å². The van der Waals surface area contributed by atoms with Crippen LogP contribution < -0.4 is 0 Å². The summed E-state index contributed by atoms with van der Waals surface area (Å²) in [5, 5.41) is 0. The molecule has 6 heteroatoms. The summed E-state index contributed by atoms with van der Waals surface area (Å²) in [6, 6.07) is 14.6. The Morgan fingerprint density at radius 2 is 1.93 bits per heavy atom. The number of aromatic nitrogens is 2. The summed E-state index contributed by atoms with van der Waals surface area (Å²) in [4.78, 5) is 16.9. The number of rotatable bonds is 3. The molecule has 0 bridgehead atoms. The molecule has 2 aromatic carbocycles. The van der Waals surface area contributed by atoms with Crippen molar-refractivity contribution in [2.75, 3.05) is 26.2 Å². The standard InChI is InChI=1S/C24H22FN5/c25-20-9-7-18(8-10-20)14-30-16-19-15-29(13-11-21(19)26-17-30)12-3-6-24-27-22-4-1-2-5-23(22)28-24/h1-2,4-5,7-10,17H,11-16H2,(H,27,28). The van der Waals surface area contributed by atoms with Gasteiger partial charge in [0.25, 0.3) is 0 Å². The molecule has 0 unspecified atom stereocenters. The molecule has 0 radical (unpaired) electrons. The monoisotopic (exact) mass is 399 g/mol. The minimum absolute atomic E-state index is 0.206. The van der Waals surface area contributed by atoms with Crippen molar-refractivity contribution in [1.29, 1.82) is 0 Å². The minimum Gasteiger partial charge on any atom is -0.354 e. The molecule has 2 aliphatic heterocycles. The predicted octanol–water partition coefficient (Wildman–Crippen LogP) is 3.56. The van der Waals surface area contributed by atoms with E-state index in [1.165, 1.54) is 23.4 Å². The average molecular weight is 399 g/mol. The highest BCUT2D eigenvalue weighted by Crippen LogP contribution is 2.23. The van der Waals surface area contributed by atoms with Gasteiger partial charge in [-0.05, 0) is 41.3 Å². The van der Waals surface area contributed by atoms with Gasteiger partial charge in [-0.15, -0.1) is 0 Å². The lowest BCUT2D eigenvalue weighted by Crippen LogP contribution is -2.38. The number of benzene rings is 2. The van der Waals surface area contributed by atoms with E-state index in [-0.39, 0.29) is 5.82 Å². The molecule has 150 valence electrons. The highest BCUT2D eigenvalue weighted by atomic mass is 19.1. The van der Waals surface area contributed by atoms with Crippen LogP contribution >= 0.6 is 0 Å². The Balaban J connectivity index is 1.20. The first-order valence-corrected chi connectivity index (χ1v) is 10.1. The Labute approximate surface area is 174 Å². The molecule has 2 aliphatic rings. The third-order valence-electron chi connectivity index (χ3n) is 5.46. The molecule has 30 heavy (non-hydrogen) atoms. The lowest BCUT2D eigenvalue weighted by molar-refractivity contribution is 0.300. The second kappa shape index (κ2) is 8.13. The summed E-state index contributed by atoms with van der Waals surface area (Å²) in [5.41, 5.74) is 5.58. The van der Waals surface area contributed by atoms with Crippen LogP contribution in [0.1, 0.15) is 17.8 Å². The zero-order valence-electron chi connectivity index (χ0n) is 16.6. The van der Waals surface area contributed by atoms with E-state index in [2.05, 4.69) is 36.6 Å². The molecule has 0 saturated carbocycles. The van der Waals surface area contributed by atoms with E-state index >= 15 is 0 Å². The van der Waals surface area contributed by atoms with E-state index in [9.17, 15) is 4.39 Å². The molecular weight excluding hydrogens is 377 g/mol. The fourth-order valence-corrected chi connectivity index (χ4v) is 3.92. The van der Waals surface area contributed by atoms with Gasteiger partial charge in [-0.2, -0.15) is 0 Å². The number of hydrogen-bond acceptors (Lipinski definition) is 4. The predicted molar refractivity (Wildman–Crippen MR) is 116 cm³/mol. The summed E-state index contributed by atoms with van der Waals surface area (Å²) in [6.45, 7) is 4.12. The molecule has 3 aromatic rings.